The summed E-state index contributed by atoms with van der Waals surface area (Å²) in [6.07, 6.45) is 1.00. The highest BCUT2D eigenvalue weighted by Gasteiger charge is 2.31. The van der Waals surface area contributed by atoms with E-state index in [1.165, 1.54) is 4.31 Å². The summed E-state index contributed by atoms with van der Waals surface area (Å²) in [5.41, 5.74) is 0.931. The van der Waals surface area contributed by atoms with Crippen molar-refractivity contribution in [2.24, 2.45) is 5.92 Å². The van der Waals surface area contributed by atoms with Crippen molar-refractivity contribution in [2.45, 2.75) is 25.0 Å². The summed E-state index contributed by atoms with van der Waals surface area (Å²) in [6.45, 7) is 3.75. The van der Waals surface area contributed by atoms with E-state index in [2.05, 4.69) is 15.1 Å². The molecule has 20 heavy (non-hydrogen) atoms. The standard InChI is InChI=1S/C12H22N4O3S/c1-9-11(8-17)12(14-13-9)20(18,19)16(3)7-10-4-5-15(2)6-10/h10,17H,4-8H2,1-3H3,(H,13,14). The number of sulfonamides is 1. The van der Waals surface area contributed by atoms with Gasteiger partial charge in [-0.15, -0.1) is 0 Å². The predicted octanol–water partition coefficient (Wildman–Crippen LogP) is -0.217. The number of aryl methyl sites for hydroxylation is 1. The topological polar surface area (TPSA) is 89.5 Å². The zero-order valence-corrected chi connectivity index (χ0v) is 12.9. The molecule has 0 amide bonds. The van der Waals surface area contributed by atoms with E-state index in [9.17, 15) is 13.5 Å². The van der Waals surface area contributed by atoms with Gasteiger partial charge in [0.15, 0.2) is 5.03 Å². The van der Waals surface area contributed by atoms with Gasteiger partial charge in [-0.3, -0.25) is 5.10 Å². The molecule has 1 unspecified atom stereocenters. The molecule has 0 saturated carbocycles. The summed E-state index contributed by atoms with van der Waals surface area (Å²) >= 11 is 0. The van der Waals surface area contributed by atoms with Gasteiger partial charge in [0.05, 0.1) is 6.61 Å². The molecule has 1 aromatic rings. The number of nitrogens with one attached hydrogen (secondary N) is 1. The van der Waals surface area contributed by atoms with E-state index in [4.69, 9.17) is 0 Å². The molecule has 114 valence electrons. The number of nitrogens with zero attached hydrogens (tertiary/aromatic N) is 3. The smallest absolute Gasteiger partial charge is 0.262 e. The van der Waals surface area contributed by atoms with E-state index in [1.54, 1.807) is 14.0 Å². The molecule has 8 heteroatoms. The van der Waals surface area contributed by atoms with Crippen molar-refractivity contribution in [3.63, 3.8) is 0 Å². The first kappa shape index (κ1) is 15.4. The molecule has 0 radical (unpaired) electrons. The average Bonchev–Trinajstić information content (AvgIpc) is 2.95. The predicted molar refractivity (Wildman–Crippen MR) is 74.7 cm³/mol. The maximum absolute atomic E-state index is 12.5. The van der Waals surface area contributed by atoms with Crippen LogP contribution in [0.5, 0.6) is 0 Å². The van der Waals surface area contributed by atoms with Crippen LogP contribution in [-0.4, -0.2) is 66.7 Å². The van der Waals surface area contributed by atoms with Crippen LogP contribution >= 0.6 is 0 Å². The highest BCUT2D eigenvalue weighted by Crippen LogP contribution is 2.22. The van der Waals surface area contributed by atoms with Gasteiger partial charge in [0.1, 0.15) is 0 Å². The van der Waals surface area contributed by atoms with Crippen LogP contribution in [0.3, 0.4) is 0 Å². The summed E-state index contributed by atoms with van der Waals surface area (Å²) in [4.78, 5) is 2.20. The van der Waals surface area contributed by atoms with Crippen molar-refractivity contribution in [1.82, 2.24) is 19.4 Å². The lowest BCUT2D eigenvalue weighted by Crippen LogP contribution is -2.33. The Morgan fingerprint density at radius 3 is 2.80 bits per heavy atom. The number of H-pyrrole nitrogens is 1. The minimum Gasteiger partial charge on any atom is -0.392 e. The van der Waals surface area contributed by atoms with Gasteiger partial charge in [0, 0.05) is 31.4 Å². The van der Waals surface area contributed by atoms with Crippen LogP contribution in [0, 0.1) is 12.8 Å². The van der Waals surface area contributed by atoms with Crippen molar-refractivity contribution in [3.8, 4) is 0 Å². The summed E-state index contributed by atoms with van der Waals surface area (Å²) in [5, 5.41) is 15.7. The maximum atomic E-state index is 12.5. The van der Waals surface area contributed by atoms with E-state index in [-0.39, 0.29) is 11.6 Å². The minimum absolute atomic E-state index is 0.0636. The van der Waals surface area contributed by atoms with Gasteiger partial charge in [0.2, 0.25) is 0 Å². The molecular weight excluding hydrogens is 280 g/mol. The quantitative estimate of drug-likeness (QED) is 0.785. The Labute approximate surface area is 119 Å². The van der Waals surface area contributed by atoms with Crippen molar-refractivity contribution < 1.29 is 13.5 Å². The summed E-state index contributed by atoms with van der Waals surface area (Å²) in [7, 11) is -0.0480. The Morgan fingerprint density at radius 2 is 2.25 bits per heavy atom. The van der Waals surface area contributed by atoms with E-state index in [1.807, 2.05) is 7.05 Å². The molecule has 7 nitrogen and oxygen atoms in total. The van der Waals surface area contributed by atoms with E-state index >= 15 is 0 Å². The van der Waals surface area contributed by atoms with Crippen LogP contribution in [0.1, 0.15) is 17.7 Å². The Bertz CT molecular complexity index is 569. The van der Waals surface area contributed by atoms with Gasteiger partial charge < -0.3 is 10.0 Å². The molecular formula is C12H22N4O3S. The lowest BCUT2D eigenvalue weighted by Gasteiger charge is -2.20. The fraction of sp³-hybridized carbons (Fsp3) is 0.750. The van der Waals surface area contributed by atoms with Crippen molar-refractivity contribution in [1.29, 1.82) is 0 Å². The van der Waals surface area contributed by atoms with Gasteiger partial charge in [-0.2, -0.15) is 9.40 Å². The molecule has 0 bridgehead atoms. The van der Waals surface area contributed by atoms with Crippen molar-refractivity contribution in [2.75, 3.05) is 33.7 Å². The summed E-state index contributed by atoms with van der Waals surface area (Å²) in [6, 6.07) is 0. The number of aromatic nitrogens is 2. The fourth-order valence-electron chi connectivity index (χ4n) is 2.61. The van der Waals surface area contributed by atoms with Crippen LogP contribution in [-0.2, 0) is 16.6 Å². The fourth-order valence-corrected chi connectivity index (χ4v) is 4.01. The van der Waals surface area contributed by atoms with Gasteiger partial charge in [-0.25, -0.2) is 8.42 Å². The zero-order valence-electron chi connectivity index (χ0n) is 12.1. The third-order valence-electron chi connectivity index (χ3n) is 3.85. The van der Waals surface area contributed by atoms with Gasteiger partial charge in [0.25, 0.3) is 10.0 Å². The average molecular weight is 302 g/mol. The number of hydrogen-bond acceptors (Lipinski definition) is 5. The van der Waals surface area contributed by atoms with Crippen molar-refractivity contribution >= 4 is 10.0 Å². The molecule has 2 rings (SSSR count). The first-order chi connectivity index (χ1) is 9.36. The highest BCUT2D eigenvalue weighted by molar-refractivity contribution is 7.89. The van der Waals surface area contributed by atoms with Gasteiger partial charge >= 0.3 is 0 Å². The Balaban J connectivity index is 2.17. The van der Waals surface area contributed by atoms with Crippen molar-refractivity contribution in [3.05, 3.63) is 11.3 Å². The number of aliphatic hydroxyl groups excluding tert-OH is 1. The molecule has 2 heterocycles. The lowest BCUT2D eigenvalue weighted by atomic mass is 10.1. The van der Waals surface area contributed by atoms with Crippen LogP contribution in [0.4, 0.5) is 0 Å². The molecule has 1 atom stereocenters. The summed E-state index contributed by atoms with van der Waals surface area (Å²) < 4.78 is 26.4. The van der Waals surface area contributed by atoms with Gasteiger partial charge in [-0.1, -0.05) is 0 Å². The SMILES string of the molecule is Cc1[nH]nc(S(=O)(=O)N(C)CC2CCN(C)C2)c1CO. The van der Waals surface area contributed by atoms with Crippen LogP contribution in [0.25, 0.3) is 0 Å². The molecule has 1 fully saturated rings. The van der Waals surface area contributed by atoms with E-state index in [0.29, 0.717) is 23.7 Å². The highest BCUT2D eigenvalue weighted by atomic mass is 32.2. The third kappa shape index (κ3) is 2.88. The number of aromatic amines is 1. The molecule has 1 aliphatic heterocycles. The van der Waals surface area contributed by atoms with Crippen LogP contribution < -0.4 is 0 Å². The number of aliphatic hydroxyl groups is 1. The van der Waals surface area contributed by atoms with E-state index in [0.717, 1.165) is 19.5 Å². The molecule has 0 aromatic carbocycles. The minimum atomic E-state index is -3.65. The second-order valence-corrected chi connectivity index (χ2v) is 7.45. The second-order valence-electron chi connectivity index (χ2n) is 5.49. The molecule has 1 aromatic heterocycles. The van der Waals surface area contributed by atoms with Crippen LogP contribution in [0.2, 0.25) is 0 Å². The Hall–Kier alpha value is -0.960. The maximum Gasteiger partial charge on any atom is 0.262 e. The number of likely N-dealkylation sites (tertiary alicyclic amines) is 1. The molecule has 0 spiro atoms. The largest absolute Gasteiger partial charge is 0.392 e. The number of hydrogen-bond donors (Lipinski definition) is 2. The monoisotopic (exact) mass is 302 g/mol. The Kier molecular flexibility index (Phi) is 4.48. The third-order valence-corrected chi connectivity index (χ3v) is 5.65. The lowest BCUT2D eigenvalue weighted by molar-refractivity contribution is 0.277. The second kappa shape index (κ2) is 5.80. The first-order valence-electron chi connectivity index (χ1n) is 6.65. The van der Waals surface area contributed by atoms with E-state index < -0.39 is 10.0 Å². The van der Waals surface area contributed by atoms with Crippen LogP contribution in [0.15, 0.2) is 5.03 Å². The molecule has 1 saturated heterocycles. The first-order valence-corrected chi connectivity index (χ1v) is 8.09. The zero-order chi connectivity index (χ0) is 14.9. The summed E-state index contributed by atoms with van der Waals surface area (Å²) in [5.74, 6) is 0.345. The number of rotatable bonds is 5. The van der Waals surface area contributed by atoms with Gasteiger partial charge in [-0.05, 0) is 32.9 Å². The molecule has 2 N–H and O–H groups in total. The Morgan fingerprint density at radius 1 is 1.55 bits per heavy atom. The molecule has 0 aliphatic carbocycles. The normalized spacial score (nSPS) is 20.9. The molecule has 1 aliphatic rings.